The first-order chi connectivity index (χ1) is 13.4. The minimum Gasteiger partial charge on any atom is -0.452 e. The zero-order chi connectivity index (χ0) is 20.1. The van der Waals surface area contributed by atoms with Gasteiger partial charge in [0.2, 0.25) is 5.91 Å². The predicted molar refractivity (Wildman–Crippen MR) is 105 cm³/mol. The van der Waals surface area contributed by atoms with Crippen molar-refractivity contribution in [2.75, 3.05) is 11.9 Å². The molecule has 2 aromatic carbocycles. The normalized spacial score (nSPS) is 10.8. The van der Waals surface area contributed by atoms with Gasteiger partial charge in [-0.2, -0.15) is 5.10 Å². The second-order valence-corrected chi connectivity index (χ2v) is 6.84. The van der Waals surface area contributed by atoms with Gasteiger partial charge >= 0.3 is 5.97 Å². The van der Waals surface area contributed by atoms with Gasteiger partial charge in [0.15, 0.2) is 18.1 Å². The minimum atomic E-state index is -0.664. The topological polar surface area (TPSA) is 101 Å². The van der Waals surface area contributed by atoms with E-state index >= 15 is 0 Å². The third kappa shape index (κ3) is 4.62. The third-order valence-corrected chi connectivity index (χ3v) is 4.08. The number of hydrogen-bond donors (Lipinski definition) is 2. The van der Waals surface area contributed by atoms with Crippen LogP contribution < -0.4 is 5.32 Å². The fraction of sp³-hybridized carbons (Fsp3) is 0.238. The number of benzene rings is 2. The Balaban J connectivity index is 1.57. The number of nitrogens with zero attached hydrogens (tertiary/aromatic N) is 1. The van der Waals surface area contributed by atoms with E-state index in [9.17, 15) is 14.4 Å². The van der Waals surface area contributed by atoms with Gasteiger partial charge < -0.3 is 10.1 Å². The van der Waals surface area contributed by atoms with E-state index in [-0.39, 0.29) is 29.9 Å². The van der Waals surface area contributed by atoms with Gasteiger partial charge in [-0.15, -0.1) is 0 Å². The second kappa shape index (κ2) is 8.47. The summed E-state index contributed by atoms with van der Waals surface area (Å²) in [5, 5.41) is 10.1. The molecule has 3 rings (SSSR count). The molecule has 2 N–H and O–H groups in total. The van der Waals surface area contributed by atoms with Crippen LogP contribution >= 0.6 is 0 Å². The van der Waals surface area contributed by atoms with Crippen molar-refractivity contribution >= 4 is 34.3 Å². The number of nitrogens with one attached hydrogen (secondary N) is 2. The maximum atomic E-state index is 12.3. The molecule has 0 aliphatic rings. The van der Waals surface area contributed by atoms with E-state index in [0.717, 1.165) is 5.52 Å². The largest absolute Gasteiger partial charge is 0.452 e. The highest BCUT2D eigenvalue weighted by molar-refractivity contribution is 6.04. The number of para-hydroxylation sites is 1. The molecule has 28 heavy (non-hydrogen) atoms. The van der Waals surface area contributed by atoms with Crippen molar-refractivity contribution < 1.29 is 19.1 Å². The summed E-state index contributed by atoms with van der Waals surface area (Å²) in [6.07, 6.45) is 0.429. The van der Waals surface area contributed by atoms with Crippen LogP contribution in [-0.2, 0) is 9.53 Å². The van der Waals surface area contributed by atoms with E-state index in [1.807, 2.05) is 19.9 Å². The molecule has 0 radical (unpaired) electrons. The highest BCUT2D eigenvalue weighted by Crippen LogP contribution is 2.16. The van der Waals surface area contributed by atoms with Gasteiger partial charge in [-0.05, 0) is 36.2 Å². The van der Waals surface area contributed by atoms with Gasteiger partial charge in [-0.3, -0.25) is 14.7 Å². The number of ketones is 1. The van der Waals surface area contributed by atoms with Gasteiger partial charge in [0.05, 0.1) is 5.52 Å². The maximum absolute atomic E-state index is 12.3. The molecule has 7 nitrogen and oxygen atoms in total. The van der Waals surface area contributed by atoms with E-state index in [0.29, 0.717) is 23.1 Å². The number of ether oxygens (including phenoxy) is 1. The first kappa shape index (κ1) is 19.3. The number of rotatable bonds is 7. The van der Waals surface area contributed by atoms with Crippen LogP contribution in [0.1, 0.15) is 41.1 Å². The van der Waals surface area contributed by atoms with Gasteiger partial charge in [0.25, 0.3) is 0 Å². The number of esters is 1. The third-order valence-electron chi connectivity index (χ3n) is 4.08. The van der Waals surface area contributed by atoms with Crippen molar-refractivity contribution in [3.8, 4) is 0 Å². The van der Waals surface area contributed by atoms with Crippen molar-refractivity contribution in [3.05, 3.63) is 59.8 Å². The predicted octanol–water partition coefficient (Wildman–Crippen LogP) is 3.59. The standard InChI is InChI=1S/C21H21N3O4/c1-13(2)11-19(26)22-15-9-7-14(8-10-15)18(25)12-28-21(27)20-16-5-3-4-6-17(16)23-24-20/h3-10,13H,11-12H2,1-2H3,(H,22,26)(H,23,24). The van der Waals surface area contributed by atoms with Gasteiger partial charge in [-0.25, -0.2) is 4.79 Å². The van der Waals surface area contributed by atoms with Crippen LogP contribution in [0.25, 0.3) is 10.9 Å². The number of hydrogen-bond acceptors (Lipinski definition) is 5. The quantitative estimate of drug-likeness (QED) is 0.483. The lowest BCUT2D eigenvalue weighted by molar-refractivity contribution is -0.116. The van der Waals surface area contributed by atoms with Crippen LogP contribution in [0.4, 0.5) is 5.69 Å². The molecule has 1 heterocycles. The van der Waals surface area contributed by atoms with Gasteiger partial charge in [0.1, 0.15) is 0 Å². The average molecular weight is 379 g/mol. The van der Waals surface area contributed by atoms with Crippen molar-refractivity contribution in [2.24, 2.45) is 5.92 Å². The zero-order valence-corrected chi connectivity index (χ0v) is 15.7. The minimum absolute atomic E-state index is 0.0748. The van der Waals surface area contributed by atoms with E-state index in [2.05, 4.69) is 15.5 Å². The molecule has 0 saturated carbocycles. The van der Waals surface area contributed by atoms with E-state index < -0.39 is 5.97 Å². The lowest BCUT2D eigenvalue weighted by Crippen LogP contribution is -2.15. The Morgan fingerprint density at radius 3 is 2.50 bits per heavy atom. The molecule has 0 aliphatic carbocycles. The molecule has 0 spiro atoms. The molecule has 0 aliphatic heterocycles. The Hall–Kier alpha value is -3.48. The van der Waals surface area contributed by atoms with Crippen LogP contribution in [-0.4, -0.2) is 34.5 Å². The summed E-state index contributed by atoms with van der Waals surface area (Å²) in [5.74, 6) is -0.812. The SMILES string of the molecule is CC(C)CC(=O)Nc1ccc(C(=O)COC(=O)c2n[nH]c3ccccc23)cc1. The first-order valence-electron chi connectivity index (χ1n) is 8.97. The van der Waals surface area contributed by atoms with Crippen molar-refractivity contribution in [2.45, 2.75) is 20.3 Å². The molecule has 1 amide bonds. The molecule has 0 bridgehead atoms. The number of anilines is 1. The van der Waals surface area contributed by atoms with Gasteiger partial charge in [-0.1, -0.05) is 32.0 Å². The smallest absolute Gasteiger partial charge is 0.359 e. The summed E-state index contributed by atoms with van der Waals surface area (Å²) in [6.45, 7) is 3.54. The van der Waals surface area contributed by atoms with E-state index in [4.69, 9.17) is 4.74 Å². The fourth-order valence-corrected chi connectivity index (χ4v) is 2.72. The molecule has 0 saturated heterocycles. The Labute approximate surface area is 162 Å². The summed E-state index contributed by atoms with van der Waals surface area (Å²) in [7, 11) is 0. The summed E-state index contributed by atoms with van der Waals surface area (Å²) in [6, 6.07) is 13.6. The number of aromatic amines is 1. The number of Topliss-reactive ketones (excluding diaryl/α,β-unsaturated/α-hetero) is 1. The monoisotopic (exact) mass is 379 g/mol. The second-order valence-electron chi connectivity index (χ2n) is 6.84. The first-order valence-corrected chi connectivity index (χ1v) is 8.97. The summed E-state index contributed by atoms with van der Waals surface area (Å²) in [4.78, 5) is 36.3. The fourth-order valence-electron chi connectivity index (χ4n) is 2.72. The van der Waals surface area contributed by atoms with Crippen LogP contribution in [0.5, 0.6) is 0 Å². The van der Waals surface area contributed by atoms with Crippen molar-refractivity contribution in [1.82, 2.24) is 10.2 Å². The van der Waals surface area contributed by atoms with E-state index in [1.165, 1.54) is 0 Å². The average Bonchev–Trinajstić information content (AvgIpc) is 3.10. The number of aromatic nitrogens is 2. The van der Waals surface area contributed by atoms with Crippen LogP contribution in [0.2, 0.25) is 0 Å². The van der Waals surface area contributed by atoms with Crippen molar-refractivity contribution in [1.29, 1.82) is 0 Å². The van der Waals surface area contributed by atoms with Crippen molar-refractivity contribution in [3.63, 3.8) is 0 Å². The Bertz CT molecular complexity index is 1010. The molecule has 0 unspecified atom stereocenters. The number of amides is 1. The lowest BCUT2D eigenvalue weighted by atomic mass is 10.1. The lowest BCUT2D eigenvalue weighted by Gasteiger charge is -2.08. The Morgan fingerprint density at radius 2 is 1.79 bits per heavy atom. The number of fused-ring (bicyclic) bond motifs is 1. The number of carbonyl (C=O) groups is 3. The summed E-state index contributed by atoms with van der Waals surface area (Å²) >= 11 is 0. The molecule has 1 aromatic heterocycles. The highest BCUT2D eigenvalue weighted by Gasteiger charge is 2.17. The Kier molecular flexibility index (Phi) is 5.84. The molecular formula is C21H21N3O4. The van der Waals surface area contributed by atoms with Crippen LogP contribution in [0, 0.1) is 5.92 Å². The number of carbonyl (C=O) groups excluding carboxylic acids is 3. The molecular weight excluding hydrogens is 358 g/mol. The van der Waals surface area contributed by atoms with Gasteiger partial charge in [0, 0.05) is 23.1 Å². The number of H-pyrrole nitrogens is 1. The molecule has 144 valence electrons. The highest BCUT2D eigenvalue weighted by atomic mass is 16.5. The molecule has 0 atom stereocenters. The van der Waals surface area contributed by atoms with E-state index in [1.54, 1.807) is 42.5 Å². The summed E-state index contributed by atoms with van der Waals surface area (Å²) < 4.78 is 5.11. The van der Waals surface area contributed by atoms with Crippen LogP contribution in [0.3, 0.4) is 0 Å². The molecule has 3 aromatic rings. The molecule has 0 fully saturated rings. The summed E-state index contributed by atoms with van der Waals surface area (Å²) in [5.41, 5.74) is 1.87. The molecule has 7 heteroatoms. The van der Waals surface area contributed by atoms with Crippen LogP contribution in [0.15, 0.2) is 48.5 Å². The Morgan fingerprint density at radius 1 is 1.07 bits per heavy atom. The maximum Gasteiger partial charge on any atom is 0.359 e. The zero-order valence-electron chi connectivity index (χ0n) is 15.7.